The number of likely N-dealkylation sites (tertiary alicyclic amines) is 1. The lowest BCUT2D eigenvalue weighted by Gasteiger charge is -2.50. The summed E-state index contributed by atoms with van der Waals surface area (Å²) in [6.45, 7) is -0.00501. The second kappa shape index (κ2) is 11.9. The van der Waals surface area contributed by atoms with Gasteiger partial charge in [0, 0.05) is 23.9 Å². The van der Waals surface area contributed by atoms with Crippen LogP contribution in [-0.2, 0) is 29.4 Å². The minimum absolute atomic E-state index is 0.00501. The number of nitrogens with zero attached hydrogens (tertiary/aromatic N) is 2. The normalized spacial score (nSPS) is 27.8. The Labute approximate surface area is 281 Å². The Morgan fingerprint density at radius 1 is 0.958 bits per heavy atom. The van der Waals surface area contributed by atoms with Crippen molar-refractivity contribution in [3.63, 3.8) is 0 Å². The smallest absolute Gasteiger partial charge is 0.303 e. The summed E-state index contributed by atoms with van der Waals surface area (Å²) >= 11 is 6.35. The van der Waals surface area contributed by atoms with Crippen LogP contribution in [0.2, 0.25) is 5.02 Å². The highest BCUT2D eigenvalue weighted by atomic mass is 35.5. The first-order chi connectivity index (χ1) is 23.1. The molecule has 2 heterocycles. The number of imide groups is 2. The predicted octanol–water partition coefficient (Wildman–Crippen LogP) is 5.08. The van der Waals surface area contributed by atoms with E-state index in [2.05, 4.69) is 0 Å². The van der Waals surface area contributed by atoms with Crippen LogP contribution in [0.1, 0.15) is 42.7 Å². The summed E-state index contributed by atoms with van der Waals surface area (Å²) in [6.07, 6.45) is 2.29. The molecule has 0 aromatic heterocycles. The van der Waals surface area contributed by atoms with Gasteiger partial charge in [0.05, 0.1) is 36.0 Å². The summed E-state index contributed by atoms with van der Waals surface area (Å²) in [5.41, 5.74) is 0.880. The Bertz CT molecular complexity index is 1890. The number of aliphatic carboxylic acids is 1. The lowest BCUT2D eigenvalue weighted by molar-refractivity contribution is -0.142. The Hall–Kier alpha value is -4.96. The van der Waals surface area contributed by atoms with Crippen LogP contribution in [0.25, 0.3) is 0 Å². The third-order valence-electron chi connectivity index (χ3n) is 10.6. The van der Waals surface area contributed by atoms with Gasteiger partial charge in [0.1, 0.15) is 0 Å². The molecule has 0 bridgehead atoms. The van der Waals surface area contributed by atoms with E-state index < -0.39 is 52.8 Å². The number of benzene rings is 3. The molecule has 10 nitrogen and oxygen atoms in total. The van der Waals surface area contributed by atoms with E-state index in [4.69, 9.17) is 21.4 Å². The summed E-state index contributed by atoms with van der Waals surface area (Å²) in [5, 5.41) is 20.1. The Kier molecular flexibility index (Phi) is 7.86. The monoisotopic (exact) mass is 668 g/mol. The molecule has 48 heavy (non-hydrogen) atoms. The number of carbonyl (C=O) groups is 5. The molecule has 2 saturated heterocycles. The second-order valence-electron chi connectivity index (χ2n) is 12.9. The van der Waals surface area contributed by atoms with Crippen molar-refractivity contribution in [2.24, 2.45) is 23.7 Å². The maximum Gasteiger partial charge on any atom is 0.303 e. The van der Waals surface area contributed by atoms with E-state index in [0.29, 0.717) is 21.8 Å². The van der Waals surface area contributed by atoms with Crippen LogP contribution in [0.15, 0.2) is 84.4 Å². The number of halogens is 1. The zero-order valence-corrected chi connectivity index (χ0v) is 26.8. The maximum absolute atomic E-state index is 15.2. The van der Waals surface area contributed by atoms with Gasteiger partial charge in [0.25, 0.3) is 0 Å². The van der Waals surface area contributed by atoms with Crippen molar-refractivity contribution in [2.75, 3.05) is 18.6 Å². The van der Waals surface area contributed by atoms with E-state index >= 15 is 4.79 Å². The van der Waals surface area contributed by atoms with Gasteiger partial charge in [-0.15, -0.1) is 0 Å². The van der Waals surface area contributed by atoms with Crippen molar-refractivity contribution in [2.45, 2.75) is 37.0 Å². The number of phenols is 1. The standard InChI is InChI=1S/C37H33ClN2O8/c1-48-29-17-20(12-15-28(29)41)32-24-13-14-25-31(35(46)39(33(25)44)16-6-11-30(42)43)26(24)19-27-34(45)40(23-10-5-9-22(38)18-23)36(47)37(27,32)21-7-3-2-4-8-21/h2-5,7-10,12-13,15,17-18,25-27,31-32,41H,6,11,14,16,19H2,1H3,(H,42,43)/t25-,26+,27-,31-,32-,37+/m0/s1. The van der Waals surface area contributed by atoms with Gasteiger partial charge in [0.2, 0.25) is 23.6 Å². The summed E-state index contributed by atoms with van der Waals surface area (Å²) in [6, 6.07) is 20.6. The topological polar surface area (TPSA) is 142 Å². The molecule has 0 unspecified atom stereocenters. The molecule has 11 heteroatoms. The van der Waals surface area contributed by atoms with Crippen molar-refractivity contribution in [3.8, 4) is 11.5 Å². The number of phenolic OH excluding ortho intramolecular Hbond substituents is 1. The number of carbonyl (C=O) groups excluding carboxylic acids is 4. The number of aromatic hydroxyl groups is 1. The van der Waals surface area contributed by atoms with Crippen molar-refractivity contribution < 1.29 is 38.9 Å². The van der Waals surface area contributed by atoms with Crippen LogP contribution in [-0.4, -0.2) is 58.4 Å². The van der Waals surface area contributed by atoms with Crippen LogP contribution in [0.4, 0.5) is 5.69 Å². The second-order valence-corrected chi connectivity index (χ2v) is 13.3. The molecular weight excluding hydrogens is 636 g/mol. The van der Waals surface area contributed by atoms with Crippen LogP contribution >= 0.6 is 11.6 Å². The lowest BCUT2D eigenvalue weighted by Crippen LogP contribution is -2.53. The van der Waals surface area contributed by atoms with Gasteiger partial charge in [-0.2, -0.15) is 0 Å². The molecule has 4 amide bonds. The molecule has 0 spiro atoms. The average molecular weight is 669 g/mol. The van der Waals surface area contributed by atoms with E-state index in [1.165, 1.54) is 23.0 Å². The molecule has 3 aromatic rings. The third-order valence-corrected chi connectivity index (χ3v) is 10.8. The van der Waals surface area contributed by atoms with Gasteiger partial charge in [-0.25, -0.2) is 4.90 Å². The first-order valence-corrected chi connectivity index (χ1v) is 16.3. The molecule has 1 saturated carbocycles. The number of methoxy groups -OCH3 is 1. The molecule has 4 aliphatic rings. The molecule has 3 fully saturated rings. The van der Waals surface area contributed by atoms with Crippen molar-refractivity contribution >= 4 is 46.9 Å². The minimum atomic E-state index is -1.45. The quantitative estimate of drug-likeness (QED) is 0.250. The van der Waals surface area contributed by atoms with Gasteiger partial charge >= 0.3 is 5.97 Å². The predicted molar refractivity (Wildman–Crippen MR) is 174 cm³/mol. The van der Waals surface area contributed by atoms with E-state index in [9.17, 15) is 24.3 Å². The van der Waals surface area contributed by atoms with Crippen molar-refractivity contribution in [1.82, 2.24) is 4.90 Å². The van der Waals surface area contributed by atoms with Gasteiger partial charge in [0.15, 0.2) is 11.5 Å². The molecule has 2 aliphatic heterocycles. The molecule has 0 radical (unpaired) electrons. The fourth-order valence-electron chi connectivity index (χ4n) is 8.67. The molecule has 2 aliphatic carbocycles. The number of fused-ring (bicyclic) bond motifs is 4. The lowest BCUT2D eigenvalue weighted by atomic mass is 9.49. The van der Waals surface area contributed by atoms with Crippen LogP contribution in [0.3, 0.4) is 0 Å². The fraction of sp³-hybridized carbons (Fsp3) is 0.324. The molecular formula is C37H33ClN2O8. The van der Waals surface area contributed by atoms with Crippen LogP contribution in [0, 0.1) is 23.7 Å². The Morgan fingerprint density at radius 2 is 1.73 bits per heavy atom. The first-order valence-electron chi connectivity index (χ1n) is 15.9. The number of amides is 4. The van der Waals surface area contributed by atoms with Crippen LogP contribution in [0.5, 0.6) is 11.5 Å². The Morgan fingerprint density at radius 3 is 2.44 bits per heavy atom. The third kappa shape index (κ3) is 4.64. The molecule has 7 rings (SSSR count). The van der Waals surface area contributed by atoms with Gasteiger partial charge < -0.3 is 14.9 Å². The van der Waals surface area contributed by atoms with E-state index in [1.54, 1.807) is 36.4 Å². The van der Waals surface area contributed by atoms with E-state index in [-0.39, 0.29) is 55.5 Å². The van der Waals surface area contributed by atoms with E-state index in [0.717, 1.165) is 5.57 Å². The van der Waals surface area contributed by atoms with Crippen molar-refractivity contribution in [1.29, 1.82) is 0 Å². The van der Waals surface area contributed by atoms with Crippen LogP contribution < -0.4 is 9.64 Å². The number of anilines is 1. The number of allylic oxidation sites excluding steroid dienone is 2. The highest BCUT2D eigenvalue weighted by Crippen LogP contribution is 2.64. The Balaban J connectivity index is 1.44. The number of carboxylic acids is 1. The zero-order chi connectivity index (χ0) is 33.9. The number of hydrogen-bond acceptors (Lipinski definition) is 7. The zero-order valence-electron chi connectivity index (χ0n) is 26.0. The molecule has 246 valence electrons. The van der Waals surface area contributed by atoms with Gasteiger partial charge in [-0.05, 0) is 66.6 Å². The SMILES string of the molecule is COc1cc([C@H]2C3=CC[C@@H]4C(=O)N(CCCC(=O)O)C(=O)[C@@H]4[C@@H]3C[C@H]3C(=O)N(c4cccc(Cl)c4)C(=O)[C@@]23c2ccccc2)ccc1O. The summed E-state index contributed by atoms with van der Waals surface area (Å²) < 4.78 is 5.49. The fourth-order valence-corrected chi connectivity index (χ4v) is 8.85. The highest BCUT2D eigenvalue weighted by Gasteiger charge is 2.70. The van der Waals surface area contributed by atoms with E-state index in [1.807, 2.05) is 36.4 Å². The van der Waals surface area contributed by atoms with Gasteiger partial charge in [-0.3, -0.25) is 28.9 Å². The summed E-state index contributed by atoms with van der Waals surface area (Å²) in [7, 11) is 1.43. The molecule has 6 atom stereocenters. The number of carboxylic acid groups (broad SMARTS) is 1. The molecule has 3 aromatic carbocycles. The number of hydrogen-bond donors (Lipinski definition) is 2. The molecule has 2 N–H and O–H groups in total. The van der Waals surface area contributed by atoms with Gasteiger partial charge in [-0.1, -0.05) is 65.7 Å². The average Bonchev–Trinajstić information content (AvgIpc) is 3.46. The minimum Gasteiger partial charge on any atom is -0.504 e. The number of ether oxygens (including phenoxy) is 1. The number of rotatable bonds is 8. The first kappa shape index (κ1) is 31.6. The summed E-state index contributed by atoms with van der Waals surface area (Å²) in [5.74, 6) is -6.23. The highest BCUT2D eigenvalue weighted by molar-refractivity contribution is 6.32. The summed E-state index contributed by atoms with van der Waals surface area (Å²) in [4.78, 5) is 71.2. The van der Waals surface area contributed by atoms with Crippen molar-refractivity contribution in [3.05, 3.63) is 101 Å². The largest absolute Gasteiger partial charge is 0.504 e. The maximum atomic E-state index is 15.2.